The summed E-state index contributed by atoms with van der Waals surface area (Å²) in [6.07, 6.45) is 0.168. The number of hydrazine groups is 1. The van der Waals surface area contributed by atoms with Crippen LogP contribution in [0.3, 0.4) is 0 Å². The highest BCUT2D eigenvalue weighted by Crippen LogP contribution is 2.28. The monoisotopic (exact) mass is 559 g/mol. The van der Waals surface area contributed by atoms with Gasteiger partial charge in [0.1, 0.15) is 23.8 Å². The molecule has 0 spiro atoms. The van der Waals surface area contributed by atoms with E-state index in [0.717, 1.165) is 22.4 Å². The summed E-state index contributed by atoms with van der Waals surface area (Å²) in [5.74, 6) is 0.0383. The van der Waals surface area contributed by atoms with Crippen LogP contribution in [-0.4, -0.2) is 83.7 Å². The van der Waals surface area contributed by atoms with Gasteiger partial charge in [-0.2, -0.15) is 0 Å². The SMILES string of the molecule is COc1ccc(CNC(=O)N2[C@H]3CN(CCc4ccc(F)cc4)C(=O)[C@H](Cc4ccccc4)N3C(=O)CN2C)cc1. The third-order valence-electron chi connectivity index (χ3n) is 7.61. The molecule has 0 bridgehead atoms. The van der Waals surface area contributed by atoms with Gasteiger partial charge in [0.2, 0.25) is 11.8 Å². The average Bonchev–Trinajstić information content (AvgIpc) is 2.98. The highest BCUT2D eigenvalue weighted by molar-refractivity contribution is 5.91. The molecule has 41 heavy (non-hydrogen) atoms. The number of hydrogen-bond acceptors (Lipinski definition) is 5. The number of fused-ring (bicyclic) bond motifs is 1. The second kappa shape index (κ2) is 12.4. The lowest BCUT2D eigenvalue weighted by molar-refractivity contribution is -0.186. The number of nitrogens with zero attached hydrogens (tertiary/aromatic N) is 4. The van der Waals surface area contributed by atoms with Gasteiger partial charge in [-0.25, -0.2) is 19.2 Å². The fraction of sp³-hybridized carbons (Fsp3) is 0.323. The number of piperazine rings is 1. The molecule has 0 saturated carbocycles. The Morgan fingerprint density at radius 1 is 0.951 bits per heavy atom. The topological polar surface area (TPSA) is 85.4 Å². The summed E-state index contributed by atoms with van der Waals surface area (Å²) in [6, 6.07) is 22.1. The Balaban J connectivity index is 1.39. The highest BCUT2D eigenvalue weighted by atomic mass is 19.1. The first-order valence-electron chi connectivity index (χ1n) is 13.6. The Morgan fingerprint density at radius 3 is 2.32 bits per heavy atom. The maximum Gasteiger partial charge on any atom is 0.334 e. The van der Waals surface area contributed by atoms with Crippen molar-refractivity contribution in [3.8, 4) is 5.75 Å². The van der Waals surface area contributed by atoms with Crippen LogP contribution in [0.15, 0.2) is 78.9 Å². The van der Waals surface area contributed by atoms with Crippen LogP contribution in [0.1, 0.15) is 16.7 Å². The maximum atomic E-state index is 13.9. The van der Waals surface area contributed by atoms with Gasteiger partial charge >= 0.3 is 6.03 Å². The van der Waals surface area contributed by atoms with E-state index in [-0.39, 0.29) is 43.3 Å². The number of carbonyl (C=O) groups excluding carboxylic acids is 3. The quantitative estimate of drug-likeness (QED) is 0.459. The van der Waals surface area contributed by atoms with Gasteiger partial charge in [-0.1, -0.05) is 54.6 Å². The first-order chi connectivity index (χ1) is 19.8. The average molecular weight is 560 g/mol. The molecule has 2 heterocycles. The van der Waals surface area contributed by atoms with E-state index in [1.54, 1.807) is 46.1 Å². The number of rotatable bonds is 8. The zero-order chi connectivity index (χ0) is 28.9. The van der Waals surface area contributed by atoms with Crippen LogP contribution < -0.4 is 10.1 Å². The highest BCUT2D eigenvalue weighted by Gasteiger charge is 2.50. The second-order valence-electron chi connectivity index (χ2n) is 10.3. The lowest BCUT2D eigenvalue weighted by Gasteiger charge is -2.54. The minimum absolute atomic E-state index is 0.0272. The van der Waals surface area contributed by atoms with E-state index < -0.39 is 12.2 Å². The van der Waals surface area contributed by atoms with Crippen molar-refractivity contribution in [2.75, 3.05) is 33.8 Å². The van der Waals surface area contributed by atoms with E-state index in [1.165, 1.54) is 12.1 Å². The predicted molar refractivity (Wildman–Crippen MR) is 151 cm³/mol. The Hall–Kier alpha value is -4.44. The van der Waals surface area contributed by atoms with Crippen molar-refractivity contribution in [2.24, 2.45) is 0 Å². The normalized spacial score (nSPS) is 19.2. The van der Waals surface area contributed by atoms with Crippen molar-refractivity contribution < 1.29 is 23.5 Å². The minimum atomic E-state index is -0.762. The second-order valence-corrected chi connectivity index (χ2v) is 10.3. The van der Waals surface area contributed by atoms with Gasteiger partial charge in [0.25, 0.3) is 0 Å². The molecule has 3 aromatic rings. The molecular weight excluding hydrogens is 525 g/mol. The van der Waals surface area contributed by atoms with Crippen LogP contribution in [0.4, 0.5) is 9.18 Å². The van der Waals surface area contributed by atoms with E-state index in [2.05, 4.69) is 5.32 Å². The molecule has 0 aliphatic carbocycles. The third kappa shape index (κ3) is 6.33. The van der Waals surface area contributed by atoms with Crippen molar-refractivity contribution in [1.29, 1.82) is 0 Å². The lowest BCUT2D eigenvalue weighted by Crippen LogP contribution is -2.76. The van der Waals surface area contributed by atoms with E-state index >= 15 is 0 Å². The number of amides is 4. The molecule has 2 aliphatic rings. The number of halogens is 1. The maximum absolute atomic E-state index is 13.9. The zero-order valence-electron chi connectivity index (χ0n) is 23.2. The molecule has 2 aliphatic heterocycles. The fourth-order valence-electron chi connectivity index (χ4n) is 5.46. The number of likely N-dealkylation sites (N-methyl/N-ethyl adjacent to an activating group) is 1. The molecule has 5 rings (SSSR count). The molecule has 1 N–H and O–H groups in total. The van der Waals surface area contributed by atoms with Crippen molar-refractivity contribution in [2.45, 2.75) is 31.6 Å². The first-order valence-corrected chi connectivity index (χ1v) is 13.6. The molecule has 2 saturated heterocycles. The van der Waals surface area contributed by atoms with Gasteiger partial charge in [0.15, 0.2) is 0 Å². The number of methoxy groups -OCH3 is 1. The molecule has 2 fully saturated rings. The van der Waals surface area contributed by atoms with Gasteiger partial charge < -0.3 is 19.9 Å². The summed E-state index contributed by atoms with van der Waals surface area (Å²) in [5, 5.41) is 6.12. The summed E-state index contributed by atoms with van der Waals surface area (Å²) < 4.78 is 18.6. The molecule has 0 aromatic heterocycles. The number of urea groups is 1. The van der Waals surface area contributed by atoms with Crippen LogP contribution in [0.25, 0.3) is 0 Å². The van der Waals surface area contributed by atoms with E-state index in [0.29, 0.717) is 19.4 Å². The van der Waals surface area contributed by atoms with Crippen LogP contribution in [0, 0.1) is 5.82 Å². The summed E-state index contributed by atoms with van der Waals surface area (Å²) in [7, 11) is 3.30. The van der Waals surface area contributed by atoms with Crippen LogP contribution >= 0.6 is 0 Å². The molecule has 4 amide bonds. The number of benzene rings is 3. The number of ether oxygens (including phenoxy) is 1. The standard InChI is InChI=1S/C31H34FN5O4/c1-34-21-29(38)36-27(18-23-6-4-3-5-7-23)30(39)35(17-16-22-8-12-25(32)13-9-22)20-28(36)37(34)31(40)33-19-24-10-14-26(41-2)15-11-24/h3-15,27-28H,16-21H2,1-2H3,(H,33,40)/t27-,28-/m0/s1. The van der Waals surface area contributed by atoms with Gasteiger partial charge in [0.05, 0.1) is 20.2 Å². The van der Waals surface area contributed by atoms with Crippen molar-refractivity contribution in [3.63, 3.8) is 0 Å². The van der Waals surface area contributed by atoms with Crippen molar-refractivity contribution >= 4 is 17.8 Å². The van der Waals surface area contributed by atoms with Gasteiger partial charge in [-0.3, -0.25) is 9.59 Å². The van der Waals surface area contributed by atoms with Gasteiger partial charge in [-0.15, -0.1) is 0 Å². The molecule has 0 unspecified atom stereocenters. The molecule has 3 aromatic carbocycles. The number of hydrogen-bond donors (Lipinski definition) is 1. The predicted octanol–water partition coefficient (Wildman–Crippen LogP) is 3.06. The molecular formula is C31H34FN5O4. The molecule has 0 radical (unpaired) electrons. The van der Waals surface area contributed by atoms with Crippen molar-refractivity contribution in [3.05, 3.63) is 101 Å². The minimum Gasteiger partial charge on any atom is -0.497 e. The van der Waals surface area contributed by atoms with E-state index in [4.69, 9.17) is 4.74 Å². The number of carbonyl (C=O) groups is 3. The summed E-state index contributed by atoms with van der Waals surface area (Å²) in [4.78, 5) is 44.2. The van der Waals surface area contributed by atoms with Gasteiger partial charge in [-0.05, 0) is 47.4 Å². The lowest BCUT2D eigenvalue weighted by atomic mass is 9.98. The van der Waals surface area contributed by atoms with Crippen LogP contribution in [-0.2, 0) is 29.0 Å². The Labute approximate surface area is 239 Å². The largest absolute Gasteiger partial charge is 0.497 e. The molecule has 9 nitrogen and oxygen atoms in total. The van der Waals surface area contributed by atoms with Crippen LogP contribution in [0.2, 0.25) is 0 Å². The molecule has 214 valence electrons. The first kappa shape index (κ1) is 28.1. The van der Waals surface area contributed by atoms with Crippen molar-refractivity contribution in [1.82, 2.24) is 25.1 Å². The van der Waals surface area contributed by atoms with Crippen LogP contribution in [0.5, 0.6) is 5.75 Å². The van der Waals surface area contributed by atoms with E-state index in [1.807, 2.05) is 54.6 Å². The van der Waals surface area contributed by atoms with E-state index in [9.17, 15) is 18.8 Å². The molecule has 2 atom stereocenters. The summed E-state index contributed by atoms with van der Waals surface area (Å²) >= 11 is 0. The molecule has 10 heteroatoms. The summed E-state index contributed by atoms with van der Waals surface area (Å²) in [5.41, 5.74) is 2.72. The summed E-state index contributed by atoms with van der Waals surface area (Å²) in [6.45, 7) is 0.797. The Kier molecular flexibility index (Phi) is 8.49. The fourth-order valence-corrected chi connectivity index (χ4v) is 5.46. The Morgan fingerprint density at radius 2 is 1.63 bits per heavy atom. The third-order valence-corrected chi connectivity index (χ3v) is 7.61. The smallest absolute Gasteiger partial charge is 0.334 e. The Bertz CT molecular complexity index is 1370. The number of nitrogens with one attached hydrogen (secondary N) is 1. The zero-order valence-corrected chi connectivity index (χ0v) is 23.2. The van der Waals surface area contributed by atoms with Gasteiger partial charge in [0, 0.05) is 26.6 Å².